The predicted octanol–water partition coefficient (Wildman–Crippen LogP) is 2.60. The highest BCUT2D eigenvalue weighted by atomic mass is 35.5. The second-order valence-corrected chi connectivity index (χ2v) is 6.31. The standard InChI is InChI=1S/C13H10Cl2N4O2S/c14-8-3-7(4-9(15)5-8)10(20)6-17-12-18-19-11(21)1-2-16-13(19)22-12/h1-5,10,20H,6H2,(H,17,18). The normalized spacial score (nSPS) is 12.5. The average molecular weight is 357 g/mol. The molecule has 0 aliphatic rings. The van der Waals surface area contributed by atoms with Crippen LogP contribution < -0.4 is 10.9 Å². The average Bonchev–Trinajstić information content (AvgIpc) is 2.88. The smallest absolute Gasteiger partial charge is 0.275 e. The Bertz CT molecular complexity index is 860. The molecule has 0 fully saturated rings. The van der Waals surface area contributed by atoms with Crippen molar-refractivity contribution < 1.29 is 5.11 Å². The maximum absolute atomic E-state index is 11.6. The second kappa shape index (κ2) is 6.21. The van der Waals surface area contributed by atoms with E-state index in [1.165, 1.54) is 28.1 Å². The number of fused-ring (bicyclic) bond motifs is 1. The van der Waals surface area contributed by atoms with Gasteiger partial charge < -0.3 is 10.4 Å². The summed E-state index contributed by atoms with van der Waals surface area (Å²) in [5.74, 6) is 0. The number of hydrogen-bond acceptors (Lipinski definition) is 6. The molecule has 0 saturated carbocycles. The van der Waals surface area contributed by atoms with E-state index in [0.29, 0.717) is 25.7 Å². The molecule has 0 bridgehead atoms. The Balaban J connectivity index is 1.75. The number of aliphatic hydroxyl groups is 1. The van der Waals surface area contributed by atoms with Crippen LogP contribution in [0.1, 0.15) is 11.7 Å². The highest BCUT2D eigenvalue weighted by molar-refractivity contribution is 7.20. The van der Waals surface area contributed by atoms with Crippen LogP contribution in [0.3, 0.4) is 0 Å². The number of rotatable bonds is 4. The Hall–Kier alpha value is -1.67. The Morgan fingerprint density at radius 1 is 1.32 bits per heavy atom. The largest absolute Gasteiger partial charge is 0.387 e. The summed E-state index contributed by atoms with van der Waals surface area (Å²) in [6, 6.07) is 6.21. The van der Waals surface area contributed by atoms with Crippen molar-refractivity contribution in [3.05, 3.63) is 56.4 Å². The number of aromatic nitrogens is 3. The lowest BCUT2D eigenvalue weighted by molar-refractivity contribution is 0.191. The molecule has 2 aromatic heterocycles. The third-order valence-corrected chi connectivity index (χ3v) is 4.20. The third kappa shape index (κ3) is 3.22. The summed E-state index contributed by atoms with van der Waals surface area (Å²) in [4.78, 5) is 16.1. The minimum absolute atomic E-state index is 0.200. The molecule has 114 valence electrons. The van der Waals surface area contributed by atoms with Crippen LogP contribution in [-0.2, 0) is 0 Å². The van der Waals surface area contributed by atoms with Gasteiger partial charge in [-0.25, -0.2) is 4.98 Å². The molecule has 1 unspecified atom stereocenters. The summed E-state index contributed by atoms with van der Waals surface area (Å²) >= 11 is 13.0. The van der Waals surface area contributed by atoms with Crippen molar-refractivity contribution >= 4 is 44.6 Å². The topological polar surface area (TPSA) is 79.5 Å². The van der Waals surface area contributed by atoms with Crippen molar-refractivity contribution in [2.75, 3.05) is 11.9 Å². The first-order valence-corrected chi connectivity index (χ1v) is 7.83. The molecule has 0 aliphatic carbocycles. The van der Waals surface area contributed by atoms with Gasteiger partial charge in [-0.2, -0.15) is 4.52 Å². The van der Waals surface area contributed by atoms with E-state index < -0.39 is 6.10 Å². The van der Waals surface area contributed by atoms with Crippen molar-refractivity contribution in [3.63, 3.8) is 0 Å². The van der Waals surface area contributed by atoms with Crippen LogP contribution in [0.5, 0.6) is 0 Å². The van der Waals surface area contributed by atoms with Crippen LogP contribution in [0.15, 0.2) is 35.3 Å². The highest BCUT2D eigenvalue weighted by Crippen LogP contribution is 2.24. The van der Waals surface area contributed by atoms with E-state index in [1.54, 1.807) is 18.2 Å². The van der Waals surface area contributed by atoms with Gasteiger partial charge in [0.2, 0.25) is 10.1 Å². The lowest BCUT2D eigenvalue weighted by atomic mass is 10.1. The van der Waals surface area contributed by atoms with Gasteiger partial charge in [0.25, 0.3) is 5.56 Å². The monoisotopic (exact) mass is 356 g/mol. The zero-order valence-electron chi connectivity index (χ0n) is 11.0. The summed E-state index contributed by atoms with van der Waals surface area (Å²) < 4.78 is 1.20. The summed E-state index contributed by atoms with van der Waals surface area (Å²) in [6.07, 6.45) is 0.621. The number of anilines is 1. The molecule has 0 radical (unpaired) electrons. The fourth-order valence-corrected chi connectivity index (χ4v) is 3.21. The van der Waals surface area contributed by atoms with Crippen LogP contribution in [0.4, 0.5) is 5.13 Å². The van der Waals surface area contributed by atoms with E-state index in [1.807, 2.05) is 0 Å². The number of aliphatic hydroxyl groups excluding tert-OH is 1. The maximum atomic E-state index is 11.6. The fraction of sp³-hybridized carbons (Fsp3) is 0.154. The van der Waals surface area contributed by atoms with Crippen molar-refractivity contribution in [3.8, 4) is 0 Å². The third-order valence-electron chi connectivity index (χ3n) is 2.89. The van der Waals surface area contributed by atoms with E-state index >= 15 is 0 Å². The second-order valence-electron chi connectivity index (χ2n) is 4.48. The molecule has 22 heavy (non-hydrogen) atoms. The maximum Gasteiger partial charge on any atom is 0.275 e. The van der Waals surface area contributed by atoms with Gasteiger partial charge in [0, 0.05) is 28.9 Å². The number of nitrogens with zero attached hydrogens (tertiary/aromatic N) is 3. The van der Waals surface area contributed by atoms with Crippen LogP contribution in [0, 0.1) is 0 Å². The molecule has 1 aromatic carbocycles. The van der Waals surface area contributed by atoms with Crippen molar-refractivity contribution in [1.82, 2.24) is 14.6 Å². The first-order chi connectivity index (χ1) is 10.5. The van der Waals surface area contributed by atoms with Gasteiger partial charge in [0.05, 0.1) is 6.10 Å². The van der Waals surface area contributed by atoms with E-state index in [2.05, 4.69) is 15.4 Å². The molecule has 0 spiro atoms. The molecule has 6 nitrogen and oxygen atoms in total. The summed E-state index contributed by atoms with van der Waals surface area (Å²) in [6.45, 7) is 0.200. The lowest BCUT2D eigenvalue weighted by Crippen LogP contribution is -2.14. The lowest BCUT2D eigenvalue weighted by Gasteiger charge is -2.12. The Morgan fingerprint density at radius 3 is 2.73 bits per heavy atom. The Morgan fingerprint density at radius 2 is 2.05 bits per heavy atom. The molecular formula is C13H10Cl2N4O2S. The highest BCUT2D eigenvalue weighted by Gasteiger charge is 2.11. The van der Waals surface area contributed by atoms with Gasteiger partial charge in [0.1, 0.15) is 0 Å². The van der Waals surface area contributed by atoms with Crippen molar-refractivity contribution in [1.29, 1.82) is 0 Å². The number of halogens is 2. The molecule has 0 saturated heterocycles. The SMILES string of the molecule is O=c1ccnc2sc(NCC(O)c3cc(Cl)cc(Cl)c3)nn12. The van der Waals surface area contributed by atoms with E-state index in [9.17, 15) is 9.90 Å². The van der Waals surface area contributed by atoms with Crippen molar-refractivity contribution in [2.24, 2.45) is 0 Å². The Kier molecular flexibility index (Phi) is 4.30. The number of nitrogens with one attached hydrogen (secondary N) is 1. The molecule has 1 atom stereocenters. The molecule has 9 heteroatoms. The molecular weight excluding hydrogens is 347 g/mol. The van der Waals surface area contributed by atoms with Crippen LogP contribution in [0.2, 0.25) is 10.0 Å². The van der Waals surface area contributed by atoms with Gasteiger partial charge in [0.15, 0.2) is 0 Å². The van der Waals surface area contributed by atoms with Gasteiger partial charge >= 0.3 is 0 Å². The van der Waals surface area contributed by atoms with Crippen LogP contribution >= 0.6 is 34.5 Å². The molecule has 3 rings (SSSR count). The molecule has 0 amide bonds. The van der Waals surface area contributed by atoms with E-state index in [0.717, 1.165) is 0 Å². The predicted molar refractivity (Wildman–Crippen MR) is 87.0 cm³/mol. The molecule has 0 aliphatic heterocycles. The quantitative estimate of drug-likeness (QED) is 0.750. The molecule has 3 aromatic rings. The summed E-state index contributed by atoms with van der Waals surface area (Å²) in [5, 5.41) is 18.6. The van der Waals surface area contributed by atoms with Gasteiger partial charge in [-0.15, -0.1) is 5.10 Å². The zero-order chi connectivity index (χ0) is 15.7. The minimum atomic E-state index is -0.812. The summed E-state index contributed by atoms with van der Waals surface area (Å²) in [5.41, 5.74) is 0.345. The fourth-order valence-electron chi connectivity index (χ4n) is 1.88. The summed E-state index contributed by atoms with van der Waals surface area (Å²) in [7, 11) is 0. The van der Waals surface area contributed by atoms with Crippen molar-refractivity contribution in [2.45, 2.75) is 6.10 Å². The van der Waals surface area contributed by atoms with Gasteiger partial charge in [-0.1, -0.05) is 34.5 Å². The van der Waals surface area contributed by atoms with E-state index in [4.69, 9.17) is 23.2 Å². The van der Waals surface area contributed by atoms with Gasteiger partial charge in [-0.3, -0.25) is 4.79 Å². The first-order valence-electron chi connectivity index (χ1n) is 6.26. The molecule has 2 N–H and O–H groups in total. The van der Waals surface area contributed by atoms with Crippen LogP contribution in [-0.4, -0.2) is 26.2 Å². The van der Waals surface area contributed by atoms with E-state index in [-0.39, 0.29) is 12.1 Å². The minimum Gasteiger partial charge on any atom is -0.387 e. The number of hydrogen-bond donors (Lipinski definition) is 2. The molecule has 2 heterocycles. The van der Waals surface area contributed by atoms with Crippen LogP contribution in [0.25, 0.3) is 4.96 Å². The first kappa shape index (κ1) is 15.2. The zero-order valence-corrected chi connectivity index (χ0v) is 13.4. The Labute approximate surface area is 139 Å². The van der Waals surface area contributed by atoms with Gasteiger partial charge in [-0.05, 0) is 23.8 Å². The number of benzene rings is 1.